The van der Waals surface area contributed by atoms with Gasteiger partial charge in [-0.05, 0) is 33.4 Å². The van der Waals surface area contributed by atoms with Gasteiger partial charge in [-0.3, -0.25) is 0 Å². The summed E-state index contributed by atoms with van der Waals surface area (Å²) in [4.78, 5) is 2.34. The number of hydrogen-bond donors (Lipinski definition) is 1. The van der Waals surface area contributed by atoms with E-state index in [4.69, 9.17) is 0 Å². The lowest BCUT2D eigenvalue weighted by Crippen LogP contribution is -2.41. The molecule has 0 spiro atoms. The average molecular weight is 248 g/mol. The molecule has 0 amide bonds. The number of rotatable bonds is 6. The fourth-order valence-electron chi connectivity index (χ4n) is 2.13. The highest BCUT2D eigenvalue weighted by Crippen LogP contribution is 2.13. The lowest BCUT2D eigenvalue weighted by molar-refractivity contribution is 0.295. The third-order valence-electron chi connectivity index (χ3n) is 3.32. The van der Waals surface area contributed by atoms with Crippen molar-refractivity contribution < 1.29 is 8.42 Å². The van der Waals surface area contributed by atoms with Crippen LogP contribution in [0.4, 0.5) is 0 Å². The summed E-state index contributed by atoms with van der Waals surface area (Å²) in [6.07, 6.45) is 2.47. The monoisotopic (exact) mass is 248 g/mol. The lowest BCUT2D eigenvalue weighted by Gasteiger charge is -2.22. The molecule has 1 N–H and O–H groups in total. The predicted molar refractivity (Wildman–Crippen MR) is 67.4 cm³/mol. The second-order valence-corrected chi connectivity index (χ2v) is 7.18. The van der Waals surface area contributed by atoms with Gasteiger partial charge in [-0.25, -0.2) is 8.42 Å². The molecule has 1 aliphatic rings. The van der Waals surface area contributed by atoms with Gasteiger partial charge in [-0.2, -0.15) is 0 Å². The molecule has 16 heavy (non-hydrogen) atoms. The zero-order valence-corrected chi connectivity index (χ0v) is 11.4. The summed E-state index contributed by atoms with van der Waals surface area (Å²) in [5, 5.41) is 3.32. The van der Waals surface area contributed by atoms with E-state index in [9.17, 15) is 8.42 Å². The van der Waals surface area contributed by atoms with Gasteiger partial charge in [0, 0.05) is 24.4 Å². The summed E-state index contributed by atoms with van der Waals surface area (Å²) >= 11 is 0. The van der Waals surface area contributed by atoms with E-state index in [1.165, 1.54) is 12.8 Å². The molecule has 2 atom stereocenters. The van der Waals surface area contributed by atoms with E-state index < -0.39 is 9.84 Å². The molecule has 0 saturated carbocycles. The highest BCUT2D eigenvalue weighted by atomic mass is 32.2. The Hall–Kier alpha value is -0.130. The minimum atomic E-state index is -2.85. The highest BCUT2D eigenvalue weighted by molar-refractivity contribution is 7.91. The Labute approximate surface area is 99.3 Å². The molecular formula is C11H24N2O2S. The van der Waals surface area contributed by atoms with Gasteiger partial charge in [0.05, 0.1) is 5.75 Å². The maximum atomic E-state index is 11.4. The largest absolute Gasteiger partial charge is 0.312 e. The molecule has 0 aromatic carbocycles. The molecule has 1 rings (SSSR count). The molecule has 5 heteroatoms. The van der Waals surface area contributed by atoms with Crippen LogP contribution in [0.1, 0.15) is 26.7 Å². The van der Waals surface area contributed by atoms with E-state index in [1.807, 2.05) is 6.92 Å². The minimum absolute atomic E-state index is 0.0546. The van der Waals surface area contributed by atoms with Crippen molar-refractivity contribution in [2.45, 2.75) is 38.8 Å². The van der Waals surface area contributed by atoms with Crippen molar-refractivity contribution in [2.24, 2.45) is 0 Å². The summed E-state index contributed by atoms with van der Waals surface area (Å²) in [6, 6.07) is 0.630. The van der Waals surface area contributed by atoms with Crippen LogP contribution in [0.15, 0.2) is 0 Å². The summed E-state index contributed by atoms with van der Waals surface area (Å²) in [6.45, 7) is 5.71. The Morgan fingerprint density at radius 1 is 1.50 bits per heavy atom. The summed E-state index contributed by atoms with van der Waals surface area (Å²) in [5.74, 6) is 0.488. The number of sulfone groups is 1. The Kier molecular flexibility index (Phi) is 5.21. The van der Waals surface area contributed by atoms with Crippen LogP contribution in [0.2, 0.25) is 0 Å². The van der Waals surface area contributed by atoms with E-state index in [-0.39, 0.29) is 17.5 Å². The number of likely N-dealkylation sites (N-methyl/N-ethyl adjacent to an activating group) is 1. The van der Waals surface area contributed by atoms with Gasteiger partial charge in [0.1, 0.15) is 0 Å². The Morgan fingerprint density at radius 3 is 2.69 bits per heavy atom. The average Bonchev–Trinajstić information content (AvgIpc) is 2.60. The first kappa shape index (κ1) is 13.9. The summed E-state index contributed by atoms with van der Waals surface area (Å²) in [5.41, 5.74) is 0. The van der Waals surface area contributed by atoms with Crippen molar-refractivity contribution in [3.05, 3.63) is 0 Å². The van der Waals surface area contributed by atoms with Crippen LogP contribution < -0.4 is 5.32 Å². The van der Waals surface area contributed by atoms with Gasteiger partial charge < -0.3 is 10.2 Å². The van der Waals surface area contributed by atoms with Crippen LogP contribution in [0.25, 0.3) is 0 Å². The van der Waals surface area contributed by atoms with Gasteiger partial charge in [0.25, 0.3) is 0 Å². The molecule has 0 bridgehead atoms. The first-order valence-corrected chi connectivity index (χ1v) is 7.91. The molecule has 1 fully saturated rings. The van der Waals surface area contributed by atoms with Crippen LogP contribution in [0, 0.1) is 0 Å². The minimum Gasteiger partial charge on any atom is -0.312 e. The van der Waals surface area contributed by atoms with Gasteiger partial charge in [0.15, 0.2) is 9.84 Å². The third kappa shape index (κ3) is 4.39. The Bertz CT molecular complexity index is 303. The molecule has 0 radical (unpaired) electrons. The van der Waals surface area contributed by atoms with E-state index in [1.54, 1.807) is 6.92 Å². The fraction of sp³-hybridized carbons (Fsp3) is 1.00. The zero-order valence-electron chi connectivity index (χ0n) is 10.6. The van der Waals surface area contributed by atoms with E-state index >= 15 is 0 Å². The number of hydrogen-bond acceptors (Lipinski definition) is 4. The normalized spacial score (nSPS) is 24.8. The first-order valence-electron chi connectivity index (χ1n) is 6.08. The van der Waals surface area contributed by atoms with Crippen molar-refractivity contribution in [1.29, 1.82) is 0 Å². The number of nitrogens with zero attached hydrogens (tertiary/aromatic N) is 1. The molecule has 1 aliphatic heterocycles. The van der Waals surface area contributed by atoms with Gasteiger partial charge in [-0.1, -0.05) is 6.92 Å². The maximum absolute atomic E-state index is 11.4. The van der Waals surface area contributed by atoms with Crippen molar-refractivity contribution in [1.82, 2.24) is 10.2 Å². The molecular weight excluding hydrogens is 224 g/mol. The first-order chi connectivity index (χ1) is 7.44. The molecule has 96 valence electrons. The summed E-state index contributed by atoms with van der Waals surface area (Å²) in [7, 11) is -0.722. The predicted octanol–water partition coefficient (Wildman–Crippen LogP) is 0.493. The van der Waals surface area contributed by atoms with Gasteiger partial charge in [0.2, 0.25) is 0 Å². The van der Waals surface area contributed by atoms with Crippen molar-refractivity contribution >= 4 is 9.84 Å². The van der Waals surface area contributed by atoms with Gasteiger partial charge in [-0.15, -0.1) is 0 Å². The standard InChI is InChI=1S/C11H24N2O2S/c1-4-16(14,15)9-10(2)12-8-11-6-5-7-13(11)3/h10-12H,4-9H2,1-3H3. The lowest BCUT2D eigenvalue weighted by atomic mass is 10.2. The van der Waals surface area contributed by atoms with E-state index in [2.05, 4.69) is 17.3 Å². The second-order valence-electron chi connectivity index (χ2n) is 4.78. The Morgan fingerprint density at radius 2 is 2.19 bits per heavy atom. The van der Waals surface area contributed by atoms with Crippen LogP contribution in [-0.4, -0.2) is 57.0 Å². The molecule has 4 nitrogen and oxygen atoms in total. The SMILES string of the molecule is CCS(=O)(=O)CC(C)NCC1CCCN1C. The van der Waals surface area contributed by atoms with Crippen molar-refractivity contribution in [2.75, 3.05) is 31.6 Å². The van der Waals surface area contributed by atoms with Crippen LogP contribution in [0.3, 0.4) is 0 Å². The molecule has 0 aliphatic carbocycles. The van der Waals surface area contributed by atoms with Crippen LogP contribution >= 0.6 is 0 Å². The molecule has 0 aromatic rings. The summed E-state index contributed by atoms with van der Waals surface area (Å²) < 4.78 is 22.8. The Balaban J connectivity index is 2.27. The fourth-order valence-corrected chi connectivity index (χ4v) is 3.25. The van der Waals surface area contributed by atoms with Crippen LogP contribution in [-0.2, 0) is 9.84 Å². The smallest absolute Gasteiger partial charge is 0.151 e. The van der Waals surface area contributed by atoms with Crippen molar-refractivity contribution in [3.8, 4) is 0 Å². The molecule has 1 saturated heterocycles. The van der Waals surface area contributed by atoms with Crippen LogP contribution in [0.5, 0.6) is 0 Å². The van der Waals surface area contributed by atoms with E-state index in [0.717, 1.165) is 13.1 Å². The van der Waals surface area contributed by atoms with Gasteiger partial charge >= 0.3 is 0 Å². The highest BCUT2D eigenvalue weighted by Gasteiger charge is 2.21. The number of likely N-dealkylation sites (tertiary alicyclic amines) is 1. The topological polar surface area (TPSA) is 49.4 Å². The van der Waals surface area contributed by atoms with E-state index in [0.29, 0.717) is 6.04 Å². The maximum Gasteiger partial charge on any atom is 0.151 e. The quantitative estimate of drug-likeness (QED) is 0.743. The molecule has 2 unspecified atom stereocenters. The van der Waals surface area contributed by atoms with Crippen molar-refractivity contribution in [3.63, 3.8) is 0 Å². The molecule has 0 aromatic heterocycles. The third-order valence-corrected chi connectivity index (χ3v) is 5.20. The molecule has 1 heterocycles. The second kappa shape index (κ2) is 5.98. The number of nitrogens with one attached hydrogen (secondary N) is 1. The zero-order chi connectivity index (χ0) is 12.2.